The molecule has 150 valence electrons. The monoisotopic (exact) mass is 384 g/mol. The van der Waals surface area contributed by atoms with Crippen LogP contribution in [0.4, 0.5) is 0 Å². The fraction of sp³-hybridized carbons (Fsp3) is 0.455. The van der Waals surface area contributed by atoms with E-state index in [1.165, 1.54) is 0 Å². The van der Waals surface area contributed by atoms with Crippen molar-refractivity contribution in [2.45, 2.75) is 59.2 Å². The van der Waals surface area contributed by atoms with Gasteiger partial charge in [0.15, 0.2) is 11.5 Å². The van der Waals surface area contributed by atoms with Crippen LogP contribution >= 0.6 is 0 Å². The summed E-state index contributed by atoms with van der Waals surface area (Å²) in [6, 6.07) is 5.88. The van der Waals surface area contributed by atoms with Crippen molar-refractivity contribution in [3.63, 3.8) is 0 Å². The third kappa shape index (κ3) is 3.91. The van der Waals surface area contributed by atoms with Crippen molar-refractivity contribution in [3.05, 3.63) is 46.9 Å². The standard InChI is InChI=1S/C22H28N2O4/c1-14-12-22(4,5)24(14)21(25)10-8-17-7-9-19(20(11-17)26-6)27-13-18-15(2)23-28-16(18)3/h7-11,14H,12-13H2,1-6H3. The van der Waals surface area contributed by atoms with E-state index in [4.69, 9.17) is 14.0 Å². The van der Waals surface area contributed by atoms with E-state index in [0.29, 0.717) is 18.1 Å². The number of carbonyl (C=O) groups is 1. The molecule has 1 atom stereocenters. The van der Waals surface area contributed by atoms with Crippen molar-refractivity contribution in [1.82, 2.24) is 10.1 Å². The van der Waals surface area contributed by atoms with E-state index in [1.807, 2.05) is 43.0 Å². The summed E-state index contributed by atoms with van der Waals surface area (Å²) in [5.41, 5.74) is 2.55. The Kier molecular flexibility index (Phi) is 5.49. The Hall–Kier alpha value is -2.76. The van der Waals surface area contributed by atoms with Crippen LogP contribution in [0.3, 0.4) is 0 Å². The number of likely N-dealkylation sites (tertiary alicyclic amines) is 1. The highest BCUT2D eigenvalue weighted by atomic mass is 16.5. The van der Waals surface area contributed by atoms with Crippen LogP contribution in [0, 0.1) is 13.8 Å². The third-order valence-electron chi connectivity index (χ3n) is 5.28. The summed E-state index contributed by atoms with van der Waals surface area (Å²) in [4.78, 5) is 14.4. The van der Waals surface area contributed by atoms with Gasteiger partial charge >= 0.3 is 0 Å². The maximum Gasteiger partial charge on any atom is 0.247 e. The molecule has 1 aliphatic rings. The van der Waals surface area contributed by atoms with Gasteiger partial charge in [-0.2, -0.15) is 0 Å². The molecule has 0 spiro atoms. The summed E-state index contributed by atoms with van der Waals surface area (Å²) in [5.74, 6) is 2.02. The topological polar surface area (TPSA) is 64.8 Å². The van der Waals surface area contributed by atoms with Gasteiger partial charge in [0.2, 0.25) is 5.91 Å². The predicted octanol–water partition coefficient (Wildman–Crippen LogP) is 4.29. The number of hydrogen-bond acceptors (Lipinski definition) is 5. The van der Waals surface area contributed by atoms with Crippen LogP contribution in [0.1, 0.15) is 49.8 Å². The van der Waals surface area contributed by atoms with Gasteiger partial charge < -0.3 is 18.9 Å². The smallest absolute Gasteiger partial charge is 0.247 e. The van der Waals surface area contributed by atoms with Crippen LogP contribution < -0.4 is 9.47 Å². The molecule has 1 unspecified atom stereocenters. The first kappa shape index (κ1) is 20.0. The highest BCUT2D eigenvalue weighted by Crippen LogP contribution is 2.36. The number of hydrogen-bond donors (Lipinski definition) is 0. The number of carbonyl (C=O) groups excluding carboxylic acids is 1. The zero-order valence-electron chi connectivity index (χ0n) is 17.4. The highest BCUT2D eigenvalue weighted by molar-refractivity contribution is 5.93. The second-order valence-corrected chi connectivity index (χ2v) is 7.91. The van der Waals surface area contributed by atoms with Crippen molar-refractivity contribution in [3.8, 4) is 11.5 Å². The molecule has 28 heavy (non-hydrogen) atoms. The first-order valence-corrected chi connectivity index (χ1v) is 9.47. The largest absolute Gasteiger partial charge is 0.493 e. The van der Waals surface area contributed by atoms with Gasteiger partial charge in [0.05, 0.1) is 18.4 Å². The van der Waals surface area contributed by atoms with Gasteiger partial charge in [0.1, 0.15) is 12.4 Å². The van der Waals surface area contributed by atoms with Crippen molar-refractivity contribution in [2.24, 2.45) is 0 Å². The fourth-order valence-corrected chi connectivity index (χ4v) is 3.93. The van der Waals surface area contributed by atoms with Gasteiger partial charge in [-0.25, -0.2) is 0 Å². The number of ether oxygens (including phenoxy) is 2. The maximum atomic E-state index is 12.5. The first-order valence-electron chi connectivity index (χ1n) is 9.47. The molecule has 3 rings (SSSR count). The zero-order valence-corrected chi connectivity index (χ0v) is 17.4. The molecular weight excluding hydrogens is 356 g/mol. The Morgan fingerprint density at radius 3 is 2.68 bits per heavy atom. The van der Waals surface area contributed by atoms with E-state index in [9.17, 15) is 4.79 Å². The molecule has 1 aliphatic heterocycles. The number of aromatic nitrogens is 1. The van der Waals surface area contributed by atoms with Gasteiger partial charge in [-0.1, -0.05) is 11.2 Å². The Labute approximate surface area is 166 Å². The molecule has 1 fully saturated rings. The quantitative estimate of drug-likeness (QED) is 0.695. The molecule has 1 amide bonds. The molecule has 1 saturated heterocycles. The third-order valence-corrected chi connectivity index (χ3v) is 5.28. The van der Waals surface area contributed by atoms with Crippen LogP contribution in [0.15, 0.2) is 28.8 Å². The summed E-state index contributed by atoms with van der Waals surface area (Å²) >= 11 is 0. The lowest BCUT2D eigenvalue weighted by atomic mass is 9.82. The Bertz CT molecular complexity index is 878. The van der Waals surface area contributed by atoms with Crippen molar-refractivity contribution < 1.29 is 18.8 Å². The minimum atomic E-state index is -0.0750. The molecule has 0 radical (unpaired) electrons. The van der Waals surface area contributed by atoms with Crippen LogP contribution in [0.25, 0.3) is 6.08 Å². The average molecular weight is 384 g/mol. The second kappa shape index (κ2) is 7.70. The Balaban J connectivity index is 1.70. The molecule has 0 bridgehead atoms. The predicted molar refractivity (Wildman–Crippen MR) is 107 cm³/mol. The summed E-state index contributed by atoms with van der Waals surface area (Å²) in [5, 5.41) is 3.94. The van der Waals surface area contributed by atoms with Crippen LogP contribution in [0.2, 0.25) is 0 Å². The summed E-state index contributed by atoms with van der Waals surface area (Å²) in [6.45, 7) is 10.4. The van der Waals surface area contributed by atoms with Gasteiger partial charge in [0, 0.05) is 17.7 Å². The van der Waals surface area contributed by atoms with Crippen molar-refractivity contribution >= 4 is 12.0 Å². The van der Waals surface area contributed by atoms with Crippen LogP contribution in [0.5, 0.6) is 11.5 Å². The summed E-state index contributed by atoms with van der Waals surface area (Å²) < 4.78 is 16.5. The molecule has 0 aliphatic carbocycles. The van der Waals surface area contributed by atoms with Gasteiger partial charge in [0.25, 0.3) is 0 Å². The summed E-state index contributed by atoms with van der Waals surface area (Å²) in [6.07, 6.45) is 4.46. The minimum Gasteiger partial charge on any atom is -0.493 e. The lowest BCUT2D eigenvalue weighted by molar-refractivity contribution is -0.146. The van der Waals surface area contributed by atoms with Crippen molar-refractivity contribution in [1.29, 1.82) is 0 Å². The second-order valence-electron chi connectivity index (χ2n) is 7.91. The van der Waals surface area contributed by atoms with E-state index < -0.39 is 0 Å². The fourth-order valence-electron chi connectivity index (χ4n) is 3.93. The Morgan fingerprint density at radius 1 is 1.36 bits per heavy atom. The number of aryl methyl sites for hydroxylation is 2. The zero-order chi connectivity index (χ0) is 20.5. The average Bonchev–Trinajstić information content (AvgIpc) is 2.95. The van der Waals surface area contributed by atoms with Gasteiger partial charge in [-0.3, -0.25) is 4.79 Å². The van der Waals surface area contributed by atoms with Crippen LogP contribution in [-0.4, -0.2) is 34.7 Å². The number of amides is 1. The van der Waals surface area contributed by atoms with Crippen molar-refractivity contribution in [2.75, 3.05) is 7.11 Å². The molecule has 6 nitrogen and oxygen atoms in total. The first-order chi connectivity index (χ1) is 13.2. The van der Waals surface area contributed by atoms with E-state index in [0.717, 1.165) is 29.0 Å². The van der Waals surface area contributed by atoms with E-state index in [2.05, 4.69) is 25.9 Å². The minimum absolute atomic E-state index is 0.0291. The summed E-state index contributed by atoms with van der Waals surface area (Å²) in [7, 11) is 1.60. The number of nitrogens with zero attached hydrogens (tertiary/aromatic N) is 2. The van der Waals surface area contributed by atoms with E-state index >= 15 is 0 Å². The molecular formula is C22H28N2O4. The van der Waals surface area contributed by atoms with Gasteiger partial charge in [-0.15, -0.1) is 0 Å². The van der Waals surface area contributed by atoms with Gasteiger partial charge in [-0.05, 0) is 64.8 Å². The molecule has 1 aromatic heterocycles. The number of benzene rings is 1. The van der Waals surface area contributed by atoms with Crippen LogP contribution in [-0.2, 0) is 11.4 Å². The molecule has 6 heteroatoms. The lowest BCUT2D eigenvalue weighted by Gasteiger charge is -2.53. The molecule has 0 N–H and O–H groups in total. The van der Waals surface area contributed by atoms with E-state index in [-0.39, 0.29) is 17.5 Å². The lowest BCUT2D eigenvalue weighted by Crippen LogP contribution is -2.63. The SMILES string of the molecule is COc1cc(C=CC(=O)N2C(C)CC2(C)C)ccc1OCc1c(C)noc1C. The molecule has 1 aromatic carbocycles. The Morgan fingerprint density at radius 2 is 2.11 bits per heavy atom. The highest BCUT2D eigenvalue weighted by Gasteiger charge is 2.44. The number of rotatable bonds is 6. The van der Waals surface area contributed by atoms with E-state index in [1.54, 1.807) is 13.2 Å². The molecule has 0 saturated carbocycles. The molecule has 2 heterocycles. The molecule has 2 aromatic rings. The number of methoxy groups -OCH3 is 1. The maximum absolute atomic E-state index is 12.5. The normalized spacial score (nSPS) is 18.2.